The van der Waals surface area contributed by atoms with E-state index in [4.69, 9.17) is 0 Å². The van der Waals surface area contributed by atoms with Gasteiger partial charge in [0.2, 0.25) is 0 Å². The Bertz CT molecular complexity index is 348. The van der Waals surface area contributed by atoms with Crippen molar-refractivity contribution in [3.8, 4) is 0 Å². The molecule has 2 rings (SSSR count). The van der Waals surface area contributed by atoms with E-state index in [0.29, 0.717) is 0 Å². The highest BCUT2D eigenvalue weighted by Gasteiger charge is 2.16. The highest BCUT2D eigenvalue weighted by molar-refractivity contribution is 5.40. The fourth-order valence-corrected chi connectivity index (χ4v) is 1.62. The van der Waals surface area contributed by atoms with Gasteiger partial charge in [-0.15, -0.1) is 0 Å². The van der Waals surface area contributed by atoms with Gasteiger partial charge in [0.05, 0.1) is 6.20 Å². The van der Waals surface area contributed by atoms with Crippen molar-refractivity contribution in [2.75, 3.05) is 19.0 Å². The number of nitrogens with zero attached hydrogens (tertiary/aromatic N) is 3. The van der Waals surface area contributed by atoms with Gasteiger partial charge in [-0.2, -0.15) is 0 Å². The monoisotopic (exact) mass is 167 g/mol. The number of anilines is 1. The van der Waals surface area contributed by atoms with Crippen molar-refractivity contribution in [2.45, 2.75) is 19.5 Å². The molecule has 4 heteroatoms. The molecule has 1 aliphatic rings. The molecule has 0 spiro atoms. The minimum atomic E-state index is 0.137. The predicted molar refractivity (Wildman–Crippen MR) is 47.6 cm³/mol. The van der Waals surface area contributed by atoms with E-state index in [1.54, 1.807) is 4.68 Å². The lowest BCUT2D eigenvalue weighted by molar-refractivity contribution is 0.594. The molecule has 66 valence electrons. The Balaban J connectivity index is 2.55. The van der Waals surface area contributed by atoms with Crippen LogP contribution in [0.4, 0.5) is 5.69 Å². The first-order valence-corrected chi connectivity index (χ1v) is 4.18. The third-order valence-corrected chi connectivity index (χ3v) is 2.27. The summed E-state index contributed by atoms with van der Waals surface area (Å²) < 4.78 is 3.80. The fourth-order valence-electron chi connectivity index (χ4n) is 1.62. The first-order valence-electron chi connectivity index (χ1n) is 4.18. The van der Waals surface area contributed by atoms with E-state index in [9.17, 15) is 4.79 Å². The summed E-state index contributed by atoms with van der Waals surface area (Å²) in [6.07, 6.45) is 3.01. The van der Waals surface area contributed by atoms with Gasteiger partial charge in [-0.05, 0) is 6.42 Å². The van der Waals surface area contributed by atoms with Crippen LogP contribution in [0.15, 0.2) is 11.0 Å². The van der Waals surface area contributed by atoms with Crippen LogP contribution in [-0.2, 0) is 13.1 Å². The third-order valence-electron chi connectivity index (χ3n) is 2.27. The van der Waals surface area contributed by atoms with E-state index in [1.807, 2.05) is 29.9 Å². The number of fused-ring (bicyclic) bond motifs is 1. The predicted octanol–water partition coefficient (Wildman–Crippen LogP) is 0.119. The average molecular weight is 167 g/mol. The van der Waals surface area contributed by atoms with Crippen LogP contribution in [0, 0.1) is 0 Å². The van der Waals surface area contributed by atoms with Crippen LogP contribution in [-0.4, -0.2) is 23.5 Å². The molecule has 0 atom stereocenters. The molecule has 0 saturated carbocycles. The van der Waals surface area contributed by atoms with Crippen molar-refractivity contribution in [2.24, 2.45) is 0 Å². The molecule has 12 heavy (non-hydrogen) atoms. The van der Waals surface area contributed by atoms with Crippen molar-refractivity contribution in [3.63, 3.8) is 0 Å². The SMILES string of the molecule is CN(C)c1cn2n(c1=O)CCC2. The van der Waals surface area contributed by atoms with Crippen molar-refractivity contribution < 1.29 is 0 Å². The molecule has 0 amide bonds. The van der Waals surface area contributed by atoms with Gasteiger partial charge in [0.25, 0.3) is 5.56 Å². The number of hydrogen-bond acceptors (Lipinski definition) is 2. The summed E-state index contributed by atoms with van der Waals surface area (Å²) in [6.45, 7) is 1.84. The maximum Gasteiger partial charge on any atom is 0.290 e. The zero-order valence-corrected chi connectivity index (χ0v) is 7.45. The zero-order valence-electron chi connectivity index (χ0n) is 7.45. The summed E-state index contributed by atoms with van der Waals surface area (Å²) in [5.74, 6) is 0. The van der Waals surface area contributed by atoms with Crippen LogP contribution in [0.2, 0.25) is 0 Å². The summed E-state index contributed by atoms with van der Waals surface area (Å²) in [4.78, 5) is 13.5. The number of rotatable bonds is 1. The summed E-state index contributed by atoms with van der Waals surface area (Å²) >= 11 is 0. The van der Waals surface area contributed by atoms with Crippen molar-refractivity contribution >= 4 is 5.69 Å². The van der Waals surface area contributed by atoms with Crippen LogP contribution in [0.3, 0.4) is 0 Å². The molecule has 1 aromatic heterocycles. The van der Waals surface area contributed by atoms with Crippen molar-refractivity contribution in [3.05, 3.63) is 16.6 Å². The normalized spacial score (nSPS) is 14.8. The van der Waals surface area contributed by atoms with Crippen molar-refractivity contribution in [1.82, 2.24) is 9.36 Å². The second-order valence-electron chi connectivity index (χ2n) is 3.35. The van der Waals surface area contributed by atoms with Crippen LogP contribution in [0.1, 0.15) is 6.42 Å². The lowest BCUT2D eigenvalue weighted by Gasteiger charge is -2.06. The molecule has 1 aromatic rings. The number of aryl methyl sites for hydroxylation is 1. The summed E-state index contributed by atoms with van der Waals surface area (Å²) in [6, 6.07) is 0. The first-order chi connectivity index (χ1) is 5.70. The fraction of sp³-hybridized carbons (Fsp3) is 0.625. The second kappa shape index (κ2) is 2.40. The van der Waals surface area contributed by atoms with Gasteiger partial charge < -0.3 is 4.90 Å². The standard InChI is InChI=1S/C8H13N3O/c1-9(2)7-6-10-4-3-5-11(10)8(7)12/h6H,3-5H2,1-2H3. The molecule has 1 aliphatic heterocycles. The molecule has 0 radical (unpaired) electrons. The van der Waals surface area contributed by atoms with Crippen LogP contribution in [0.5, 0.6) is 0 Å². The maximum atomic E-state index is 11.6. The van der Waals surface area contributed by atoms with E-state index in [1.165, 1.54) is 0 Å². The van der Waals surface area contributed by atoms with Gasteiger partial charge in [0, 0.05) is 27.2 Å². The zero-order chi connectivity index (χ0) is 8.72. The minimum Gasteiger partial charge on any atom is -0.372 e. The molecular formula is C8H13N3O. The Morgan fingerprint density at radius 3 is 2.75 bits per heavy atom. The molecule has 2 heterocycles. The lowest BCUT2D eigenvalue weighted by Crippen LogP contribution is -2.22. The highest BCUT2D eigenvalue weighted by Crippen LogP contribution is 2.10. The van der Waals surface area contributed by atoms with E-state index in [0.717, 1.165) is 25.2 Å². The van der Waals surface area contributed by atoms with E-state index in [-0.39, 0.29) is 5.56 Å². The van der Waals surface area contributed by atoms with E-state index >= 15 is 0 Å². The molecule has 0 fully saturated rings. The van der Waals surface area contributed by atoms with Gasteiger partial charge >= 0.3 is 0 Å². The van der Waals surface area contributed by atoms with Crippen LogP contribution >= 0.6 is 0 Å². The minimum absolute atomic E-state index is 0.137. The smallest absolute Gasteiger partial charge is 0.290 e. The van der Waals surface area contributed by atoms with Crippen LogP contribution in [0.25, 0.3) is 0 Å². The Labute approximate surface area is 71.0 Å². The Morgan fingerprint density at radius 1 is 1.42 bits per heavy atom. The van der Waals surface area contributed by atoms with Gasteiger partial charge in [0.1, 0.15) is 5.69 Å². The topological polar surface area (TPSA) is 30.2 Å². The Hall–Kier alpha value is -1.19. The Morgan fingerprint density at radius 2 is 2.17 bits per heavy atom. The second-order valence-corrected chi connectivity index (χ2v) is 3.35. The van der Waals surface area contributed by atoms with Gasteiger partial charge in [0.15, 0.2) is 0 Å². The molecule has 4 nitrogen and oxygen atoms in total. The molecule has 0 aliphatic carbocycles. The summed E-state index contributed by atoms with van der Waals surface area (Å²) in [7, 11) is 3.79. The van der Waals surface area contributed by atoms with Gasteiger partial charge in [-0.25, -0.2) is 4.68 Å². The summed E-state index contributed by atoms with van der Waals surface area (Å²) in [5.41, 5.74) is 0.923. The lowest BCUT2D eigenvalue weighted by atomic mass is 10.4. The maximum absolute atomic E-state index is 11.6. The molecule has 0 N–H and O–H groups in total. The molecule has 0 bridgehead atoms. The van der Waals surface area contributed by atoms with Crippen LogP contribution < -0.4 is 10.5 Å². The van der Waals surface area contributed by atoms with E-state index < -0.39 is 0 Å². The highest BCUT2D eigenvalue weighted by atomic mass is 16.1. The van der Waals surface area contributed by atoms with Gasteiger partial charge in [-0.1, -0.05) is 0 Å². The molecular weight excluding hydrogens is 154 g/mol. The Kier molecular flexibility index (Phi) is 1.49. The average Bonchev–Trinajstić information content (AvgIpc) is 2.53. The molecule has 0 saturated heterocycles. The largest absolute Gasteiger partial charge is 0.372 e. The third kappa shape index (κ3) is 0.873. The molecule has 0 aromatic carbocycles. The summed E-state index contributed by atoms with van der Waals surface area (Å²) in [5, 5.41) is 0. The molecule has 0 unspecified atom stereocenters. The van der Waals surface area contributed by atoms with Gasteiger partial charge in [-0.3, -0.25) is 9.48 Å². The number of hydrogen-bond donors (Lipinski definition) is 0. The quantitative estimate of drug-likeness (QED) is 0.594. The number of aromatic nitrogens is 2. The van der Waals surface area contributed by atoms with E-state index in [2.05, 4.69) is 0 Å². The van der Waals surface area contributed by atoms with Crippen molar-refractivity contribution in [1.29, 1.82) is 0 Å². The first kappa shape index (κ1) is 7.46.